The molecular weight excluding hydrogens is 847 g/mol. The quantitative estimate of drug-likeness (QED) is 0.116. The Morgan fingerprint density at radius 1 is 0.873 bits per heavy atom. The van der Waals surface area contributed by atoms with Crippen molar-refractivity contribution < 1.29 is 58.5 Å². The predicted octanol–water partition coefficient (Wildman–Crippen LogP) is -5.06. The van der Waals surface area contributed by atoms with E-state index in [1.54, 1.807) is 32.0 Å². The number of H-pyrrole nitrogens is 1. The summed E-state index contributed by atoms with van der Waals surface area (Å²) in [4.78, 5) is 128. The molecule has 5 rings (SSSR count). The Kier molecular flexibility index (Phi) is 16.0. The zero-order chi connectivity index (χ0) is 46.3. The van der Waals surface area contributed by atoms with Gasteiger partial charge in [-0.25, -0.2) is 0 Å². The molecule has 2 bridgehead atoms. The van der Waals surface area contributed by atoms with Crippen LogP contribution in [0.2, 0.25) is 0 Å². The smallest absolute Gasteiger partial charge is 0.246 e. The number of amides is 9. The van der Waals surface area contributed by atoms with Gasteiger partial charge in [0.05, 0.1) is 43.4 Å². The fourth-order valence-electron chi connectivity index (χ4n) is 7.59. The molecule has 0 saturated carbocycles. The number of anilines is 1. The van der Waals surface area contributed by atoms with E-state index in [0.717, 1.165) is 16.7 Å². The molecule has 0 aliphatic carbocycles. The third kappa shape index (κ3) is 11.7. The van der Waals surface area contributed by atoms with Gasteiger partial charge < -0.3 is 73.9 Å². The number of nitrogen functional groups attached to an aromatic ring is 1. The molecular formula is C39H55N11O12S. The molecule has 1 aromatic heterocycles. The number of nitrogens with two attached hydrogens (primary N) is 2. The summed E-state index contributed by atoms with van der Waals surface area (Å²) < 4.78 is 0. The number of primary amides is 1. The summed E-state index contributed by atoms with van der Waals surface area (Å²) in [5.41, 5.74) is 12.8. The lowest BCUT2D eigenvalue weighted by Gasteiger charge is -2.32. The number of fused-ring (bicyclic) bond motifs is 5. The normalized spacial score (nSPS) is 27.6. The predicted molar refractivity (Wildman–Crippen MR) is 224 cm³/mol. The molecule has 63 heavy (non-hydrogen) atoms. The van der Waals surface area contributed by atoms with Crippen LogP contribution in [-0.2, 0) is 49.6 Å². The highest BCUT2D eigenvalue weighted by molar-refractivity contribution is 7.99. The molecule has 0 radical (unpaired) electrons. The van der Waals surface area contributed by atoms with Crippen LogP contribution >= 0.6 is 11.8 Å². The van der Waals surface area contributed by atoms with E-state index < -0.39 is 146 Å². The lowest BCUT2D eigenvalue weighted by atomic mass is 9.93. The van der Waals surface area contributed by atoms with Gasteiger partial charge in [0.2, 0.25) is 53.2 Å². The lowest BCUT2D eigenvalue weighted by Crippen LogP contribution is -2.62. The van der Waals surface area contributed by atoms with Crippen LogP contribution in [0.1, 0.15) is 45.6 Å². The topological polar surface area (TPSA) is 370 Å². The Bertz CT molecular complexity index is 2120. The average molecular weight is 902 g/mol. The molecule has 1 saturated heterocycles. The second-order valence-electron chi connectivity index (χ2n) is 16.0. The molecule has 4 heterocycles. The van der Waals surface area contributed by atoms with Crippen molar-refractivity contribution in [2.24, 2.45) is 17.6 Å². The van der Waals surface area contributed by atoms with Gasteiger partial charge in [-0.2, -0.15) is 0 Å². The molecule has 344 valence electrons. The highest BCUT2D eigenvalue weighted by atomic mass is 32.2. The van der Waals surface area contributed by atoms with Gasteiger partial charge in [0, 0.05) is 47.6 Å². The van der Waals surface area contributed by atoms with Crippen LogP contribution in [0.4, 0.5) is 5.69 Å². The molecule has 15 N–H and O–H groups in total. The highest BCUT2D eigenvalue weighted by Crippen LogP contribution is 2.33. The number of thioether (sulfide) groups is 1. The van der Waals surface area contributed by atoms with Crippen LogP contribution in [0.15, 0.2) is 23.2 Å². The van der Waals surface area contributed by atoms with Crippen molar-refractivity contribution in [3.05, 3.63) is 23.8 Å². The third-order valence-corrected chi connectivity index (χ3v) is 12.6. The van der Waals surface area contributed by atoms with Crippen molar-refractivity contribution in [2.75, 3.05) is 37.7 Å². The Morgan fingerprint density at radius 3 is 2.22 bits per heavy atom. The van der Waals surface area contributed by atoms with Crippen molar-refractivity contribution in [1.29, 1.82) is 0 Å². The van der Waals surface area contributed by atoms with Crippen molar-refractivity contribution in [1.82, 2.24) is 47.1 Å². The van der Waals surface area contributed by atoms with Crippen LogP contribution in [0.3, 0.4) is 0 Å². The minimum Gasteiger partial charge on any atom is -0.399 e. The first-order valence-corrected chi connectivity index (χ1v) is 21.4. The lowest BCUT2D eigenvalue weighted by molar-refractivity contribution is -0.144. The maximum absolute atomic E-state index is 14.4. The number of carbonyl (C=O) groups is 9. The Balaban J connectivity index is 1.70. The van der Waals surface area contributed by atoms with Gasteiger partial charge in [-0.15, -0.1) is 11.8 Å². The summed E-state index contributed by atoms with van der Waals surface area (Å²) in [6.07, 6.45) is -3.92. The molecule has 3 aliphatic rings. The summed E-state index contributed by atoms with van der Waals surface area (Å²) in [6, 6.07) is -4.33. The molecule has 0 unspecified atom stereocenters. The van der Waals surface area contributed by atoms with Crippen LogP contribution < -0.4 is 48.7 Å². The van der Waals surface area contributed by atoms with E-state index in [1.165, 1.54) is 6.92 Å². The standard InChI is InChI=1S/C39H55N11O12S/c1-4-16(2)31-36(60)43-11-29(55)44-25-15-63-38-21(20-6-5-18(40)7-22(20)47-38)9-23(33(57)42-12-30(56)48-31)45-37(61)32(17(3)27(53)14-51)49-35(59)26-8-19(52)13-50(26)39(62)24(10-28(41)54)46-34(25)58/h5-7,16-17,19,23-27,31-32,47,51-53H,4,8-15,40H2,1-3H3,(H2,41,54)(H,42,57)(H,43,60)(H,44,55)(H,45,61)(H,46,58)(H,48,56)(H,49,59)/t16-,17-,19+,23-,24-,25-,26-,27-,31-,32-/m0/s1. The number of hydrogen-bond acceptors (Lipinski definition) is 14. The molecule has 23 nitrogen and oxygen atoms in total. The van der Waals surface area contributed by atoms with E-state index in [2.05, 4.69) is 42.2 Å². The van der Waals surface area contributed by atoms with Crippen molar-refractivity contribution in [3.8, 4) is 0 Å². The monoisotopic (exact) mass is 901 g/mol. The van der Waals surface area contributed by atoms with Crippen LogP contribution in [0.5, 0.6) is 0 Å². The molecule has 1 fully saturated rings. The Hall–Kier alpha value is -5.98. The summed E-state index contributed by atoms with van der Waals surface area (Å²) in [6.45, 7) is 2.16. The molecule has 2 aromatic rings. The van der Waals surface area contributed by atoms with Gasteiger partial charge >= 0.3 is 0 Å². The van der Waals surface area contributed by atoms with E-state index in [9.17, 15) is 58.5 Å². The SMILES string of the molecule is CC[C@H](C)[C@@H]1NC(=O)CNC(=O)[C@@H]2Cc3c([nH]c4cc(N)ccc34)SC[C@H](NC(=O)CNC1=O)C(=O)N[C@@H](CC(N)=O)C(=O)N1C[C@H](O)C[C@H]1C(=O)N[C@@H]([C@@H](C)[C@@H](O)CO)C(=O)N2. The minimum absolute atomic E-state index is 0.279. The number of benzene rings is 1. The number of aromatic amines is 1. The molecule has 10 atom stereocenters. The van der Waals surface area contributed by atoms with Crippen molar-refractivity contribution >= 4 is 81.5 Å². The summed E-state index contributed by atoms with van der Waals surface area (Å²) in [5, 5.41) is 49.8. The summed E-state index contributed by atoms with van der Waals surface area (Å²) in [7, 11) is 0. The molecule has 3 aliphatic heterocycles. The number of carbonyl (C=O) groups excluding carboxylic acids is 9. The number of hydrogen-bond donors (Lipinski definition) is 13. The fraction of sp³-hybridized carbons (Fsp3) is 0.564. The minimum atomic E-state index is -1.73. The van der Waals surface area contributed by atoms with Crippen LogP contribution in [0, 0.1) is 11.8 Å². The van der Waals surface area contributed by atoms with Gasteiger partial charge in [-0.05, 0) is 23.6 Å². The van der Waals surface area contributed by atoms with E-state index >= 15 is 0 Å². The number of aromatic nitrogens is 1. The van der Waals surface area contributed by atoms with E-state index in [0.29, 0.717) is 33.6 Å². The third-order valence-electron chi connectivity index (χ3n) is 11.4. The first-order chi connectivity index (χ1) is 29.8. The molecule has 24 heteroatoms. The van der Waals surface area contributed by atoms with E-state index in [4.69, 9.17) is 11.5 Å². The number of nitrogens with one attached hydrogen (secondary N) is 8. The van der Waals surface area contributed by atoms with Crippen LogP contribution in [0.25, 0.3) is 10.9 Å². The molecule has 1 aromatic carbocycles. The highest BCUT2D eigenvalue weighted by Gasteiger charge is 2.45. The number of nitrogens with zero attached hydrogens (tertiary/aromatic N) is 1. The van der Waals surface area contributed by atoms with E-state index in [1.807, 2.05) is 0 Å². The fourth-order valence-corrected chi connectivity index (χ4v) is 8.71. The average Bonchev–Trinajstić information content (AvgIpc) is 3.80. The van der Waals surface area contributed by atoms with Crippen molar-refractivity contribution in [2.45, 2.75) is 99.9 Å². The van der Waals surface area contributed by atoms with Crippen LogP contribution in [-0.4, -0.2) is 159 Å². The summed E-state index contributed by atoms with van der Waals surface area (Å²) >= 11 is 0.990. The Morgan fingerprint density at radius 2 is 1.56 bits per heavy atom. The van der Waals surface area contributed by atoms with Gasteiger partial charge in [0.15, 0.2) is 0 Å². The second-order valence-corrected chi connectivity index (χ2v) is 17.1. The summed E-state index contributed by atoms with van der Waals surface area (Å²) in [5.74, 6) is -10.3. The zero-order valence-electron chi connectivity index (χ0n) is 34.9. The van der Waals surface area contributed by atoms with Gasteiger partial charge in [-0.3, -0.25) is 43.2 Å². The van der Waals surface area contributed by atoms with E-state index in [-0.39, 0.29) is 18.6 Å². The zero-order valence-corrected chi connectivity index (χ0v) is 35.7. The number of rotatable bonds is 7. The number of aliphatic hydroxyl groups excluding tert-OH is 3. The first kappa shape index (κ1) is 48.1. The second kappa shape index (κ2) is 20.9. The first-order valence-electron chi connectivity index (χ1n) is 20.5. The van der Waals surface area contributed by atoms with Gasteiger partial charge in [0.25, 0.3) is 0 Å². The molecule has 0 spiro atoms. The maximum Gasteiger partial charge on any atom is 0.246 e. The maximum atomic E-state index is 14.4. The largest absolute Gasteiger partial charge is 0.399 e. The Labute approximate surface area is 365 Å². The number of aliphatic hydroxyl groups is 3. The van der Waals surface area contributed by atoms with Gasteiger partial charge in [-0.1, -0.05) is 33.3 Å². The van der Waals surface area contributed by atoms with Crippen molar-refractivity contribution in [3.63, 3.8) is 0 Å². The van der Waals surface area contributed by atoms with Gasteiger partial charge in [0.1, 0.15) is 36.3 Å². The molecule has 9 amide bonds.